The Balaban J connectivity index is 1.26. The largest absolute Gasteiger partial charge is 0.370 e. The molecule has 2 heterocycles. The van der Waals surface area contributed by atoms with E-state index in [1.165, 1.54) is 29.8 Å². The average molecular weight is 427 g/mol. The zero-order chi connectivity index (χ0) is 21.0. The molecule has 0 amide bonds. The molecule has 2 aromatic carbocycles. The van der Waals surface area contributed by atoms with Crippen molar-refractivity contribution < 1.29 is 13.2 Å². The summed E-state index contributed by atoms with van der Waals surface area (Å²) < 4.78 is 33.7. The van der Waals surface area contributed by atoms with Gasteiger partial charge < -0.3 is 4.74 Å². The molecule has 2 aliphatic heterocycles. The smallest absolute Gasteiger partial charge is 0.240 e. The number of fused-ring (bicyclic) bond motifs is 2. The van der Waals surface area contributed by atoms with Gasteiger partial charge in [-0.15, -0.1) is 0 Å². The number of nitrogens with one attached hydrogen (secondary N) is 1. The van der Waals surface area contributed by atoms with Crippen molar-refractivity contribution in [2.45, 2.75) is 23.6 Å². The van der Waals surface area contributed by atoms with Crippen LogP contribution in [0.15, 0.2) is 59.5 Å². The Hall–Kier alpha value is -2.28. The molecule has 158 valence electrons. The molecule has 2 bridgehead atoms. The topological polar surface area (TPSA) is 85.7 Å². The van der Waals surface area contributed by atoms with Gasteiger partial charge in [0.2, 0.25) is 10.0 Å². The summed E-state index contributed by atoms with van der Waals surface area (Å²) in [5, 5.41) is 8.84. The van der Waals surface area contributed by atoms with Gasteiger partial charge in [-0.3, -0.25) is 9.80 Å². The highest BCUT2D eigenvalue weighted by atomic mass is 32.2. The first-order valence-electron chi connectivity index (χ1n) is 10.2. The molecule has 7 nitrogen and oxygen atoms in total. The number of morpholine rings is 2. The van der Waals surface area contributed by atoms with Gasteiger partial charge in [-0.25, -0.2) is 13.1 Å². The minimum Gasteiger partial charge on any atom is -0.370 e. The van der Waals surface area contributed by atoms with Gasteiger partial charge >= 0.3 is 0 Å². The highest BCUT2D eigenvalue weighted by molar-refractivity contribution is 7.89. The van der Waals surface area contributed by atoms with Crippen LogP contribution in [0.3, 0.4) is 0 Å². The third kappa shape index (κ3) is 5.25. The van der Waals surface area contributed by atoms with Gasteiger partial charge in [-0.1, -0.05) is 30.3 Å². The van der Waals surface area contributed by atoms with Crippen LogP contribution in [0.1, 0.15) is 11.1 Å². The van der Waals surface area contributed by atoms with E-state index in [9.17, 15) is 8.42 Å². The first-order chi connectivity index (χ1) is 14.5. The lowest BCUT2D eigenvalue weighted by Gasteiger charge is -2.46. The molecule has 2 saturated heterocycles. The summed E-state index contributed by atoms with van der Waals surface area (Å²) in [5.74, 6) is 0. The maximum atomic E-state index is 12.4. The Kier molecular flexibility index (Phi) is 6.46. The molecule has 2 fully saturated rings. The molecular weight excluding hydrogens is 400 g/mol. The molecule has 4 rings (SSSR count). The molecule has 0 spiro atoms. The first-order valence-corrected chi connectivity index (χ1v) is 11.6. The Morgan fingerprint density at radius 1 is 0.967 bits per heavy atom. The van der Waals surface area contributed by atoms with Gasteiger partial charge in [0.25, 0.3) is 0 Å². The fourth-order valence-corrected chi connectivity index (χ4v) is 5.17. The van der Waals surface area contributed by atoms with Crippen molar-refractivity contribution in [1.82, 2.24) is 14.5 Å². The quantitative estimate of drug-likeness (QED) is 0.721. The summed E-state index contributed by atoms with van der Waals surface area (Å²) in [4.78, 5) is 4.90. The standard InChI is InChI=1S/C22H26N4O3S/c23-12-18-6-8-22(9-7-18)30(27,28)24-10-11-25-14-20-16-26(17-21(15-25)29-20)13-19-4-2-1-3-5-19/h1-9,20-21,24H,10-11,13-17H2. The van der Waals surface area contributed by atoms with Crippen LogP contribution in [0.4, 0.5) is 0 Å². The van der Waals surface area contributed by atoms with Crippen molar-refractivity contribution in [2.24, 2.45) is 0 Å². The van der Waals surface area contributed by atoms with Gasteiger partial charge in [0.1, 0.15) is 0 Å². The van der Waals surface area contributed by atoms with E-state index >= 15 is 0 Å². The van der Waals surface area contributed by atoms with Crippen molar-refractivity contribution in [3.8, 4) is 6.07 Å². The molecule has 2 atom stereocenters. The summed E-state index contributed by atoms with van der Waals surface area (Å²) in [6, 6.07) is 18.4. The molecule has 0 radical (unpaired) electrons. The van der Waals surface area contributed by atoms with Crippen LogP contribution in [0.5, 0.6) is 0 Å². The molecule has 30 heavy (non-hydrogen) atoms. The second kappa shape index (κ2) is 9.25. The molecule has 8 heteroatoms. The molecular formula is C22H26N4O3S. The average Bonchev–Trinajstić information content (AvgIpc) is 2.74. The maximum absolute atomic E-state index is 12.4. The maximum Gasteiger partial charge on any atom is 0.240 e. The van der Waals surface area contributed by atoms with E-state index in [0.717, 1.165) is 32.7 Å². The molecule has 0 aliphatic carbocycles. The lowest BCUT2D eigenvalue weighted by Crippen LogP contribution is -2.59. The van der Waals surface area contributed by atoms with E-state index in [0.29, 0.717) is 18.7 Å². The predicted octanol–water partition coefficient (Wildman–Crippen LogP) is 1.42. The van der Waals surface area contributed by atoms with E-state index in [1.54, 1.807) is 0 Å². The first kappa shape index (κ1) is 21.0. The Labute approximate surface area is 177 Å². The monoisotopic (exact) mass is 426 g/mol. The van der Waals surface area contributed by atoms with Crippen LogP contribution in [-0.2, 0) is 21.3 Å². The minimum atomic E-state index is -3.57. The zero-order valence-electron chi connectivity index (χ0n) is 16.8. The molecule has 2 aromatic rings. The summed E-state index contributed by atoms with van der Waals surface area (Å²) in [6.07, 6.45) is 0.299. The van der Waals surface area contributed by atoms with Crippen molar-refractivity contribution in [3.63, 3.8) is 0 Å². The summed E-state index contributed by atoms with van der Waals surface area (Å²) in [5.41, 5.74) is 1.75. The number of rotatable bonds is 7. The van der Waals surface area contributed by atoms with E-state index in [4.69, 9.17) is 10.00 Å². The number of nitrogens with zero attached hydrogens (tertiary/aromatic N) is 3. The molecule has 2 unspecified atom stereocenters. The zero-order valence-corrected chi connectivity index (χ0v) is 17.6. The minimum absolute atomic E-state index is 0.149. The molecule has 0 aromatic heterocycles. The van der Waals surface area contributed by atoms with E-state index in [2.05, 4.69) is 38.8 Å². The predicted molar refractivity (Wildman–Crippen MR) is 113 cm³/mol. The van der Waals surface area contributed by atoms with E-state index in [1.807, 2.05) is 12.1 Å². The summed E-state index contributed by atoms with van der Waals surface area (Å²) >= 11 is 0. The molecule has 1 N–H and O–H groups in total. The van der Waals surface area contributed by atoms with Crippen molar-refractivity contribution in [3.05, 3.63) is 65.7 Å². The van der Waals surface area contributed by atoms with Crippen molar-refractivity contribution in [2.75, 3.05) is 39.3 Å². The van der Waals surface area contributed by atoms with Crippen LogP contribution in [0, 0.1) is 11.3 Å². The van der Waals surface area contributed by atoms with Crippen LogP contribution in [0.2, 0.25) is 0 Å². The fraction of sp³-hybridized carbons (Fsp3) is 0.409. The Morgan fingerprint density at radius 3 is 2.23 bits per heavy atom. The normalized spacial score (nSPS) is 22.5. The van der Waals surface area contributed by atoms with Gasteiger partial charge in [-0.05, 0) is 29.8 Å². The second-order valence-electron chi connectivity index (χ2n) is 7.85. The molecule has 2 aliphatic rings. The number of benzene rings is 2. The highest BCUT2D eigenvalue weighted by Crippen LogP contribution is 2.20. The van der Waals surface area contributed by atoms with E-state index in [-0.39, 0.29) is 17.1 Å². The van der Waals surface area contributed by atoms with Gasteiger partial charge in [0.05, 0.1) is 28.7 Å². The van der Waals surface area contributed by atoms with Crippen LogP contribution >= 0.6 is 0 Å². The van der Waals surface area contributed by atoms with Crippen molar-refractivity contribution >= 4 is 10.0 Å². The lowest BCUT2D eigenvalue weighted by molar-refractivity contribution is -0.139. The van der Waals surface area contributed by atoms with Crippen LogP contribution in [0.25, 0.3) is 0 Å². The lowest BCUT2D eigenvalue weighted by atomic mass is 10.1. The number of nitriles is 1. The number of hydrogen-bond acceptors (Lipinski definition) is 6. The second-order valence-corrected chi connectivity index (χ2v) is 9.62. The number of hydrogen-bond donors (Lipinski definition) is 1. The molecule has 0 saturated carbocycles. The van der Waals surface area contributed by atoms with E-state index < -0.39 is 10.0 Å². The van der Waals surface area contributed by atoms with Gasteiger partial charge in [-0.2, -0.15) is 5.26 Å². The summed E-state index contributed by atoms with van der Waals surface area (Å²) in [6.45, 7) is 5.31. The fourth-order valence-electron chi connectivity index (χ4n) is 4.14. The van der Waals surface area contributed by atoms with Gasteiger partial charge in [0, 0.05) is 45.8 Å². The Bertz CT molecular complexity index is 975. The van der Waals surface area contributed by atoms with Gasteiger partial charge in [0.15, 0.2) is 0 Å². The highest BCUT2D eigenvalue weighted by Gasteiger charge is 2.34. The third-order valence-corrected chi connectivity index (χ3v) is 6.97. The number of ether oxygens (including phenoxy) is 1. The SMILES string of the molecule is N#Cc1ccc(S(=O)(=O)NCCN2CC3CN(Cc4ccccc4)CC(C2)O3)cc1. The summed E-state index contributed by atoms with van der Waals surface area (Å²) in [7, 11) is -3.57. The number of sulfonamides is 1. The van der Waals surface area contributed by atoms with Crippen LogP contribution in [-0.4, -0.2) is 69.7 Å². The third-order valence-electron chi connectivity index (χ3n) is 5.50. The van der Waals surface area contributed by atoms with Crippen molar-refractivity contribution in [1.29, 1.82) is 5.26 Å². The van der Waals surface area contributed by atoms with Crippen LogP contribution < -0.4 is 4.72 Å². The Morgan fingerprint density at radius 2 is 1.60 bits per heavy atom.